The van der Waals surface area contributed by atoms with Gasteiger partial charge in [0, 0.05) is 63.5 Å². The Hall–Kier alpha value is -9.79. The van der Waals surface area contributed by atoms with Crippen LogP contribution in [0.1, 0.15) is 179 Å². The fourth-order valence-electron chi connectivity index (χ4n) is 14.5. The van der Waals surface area contributed by atoms with Gasteiger partial charge in [-0.1, -0.05) is 13.0 Å². The third-order valence-corrected chi connectivity index (χ3v) is 21.6. The number of oxazole rings is 3. The molecule has 14 heterocycles. The number of carbonyl (C=O) groups excluding carboxylic acids is 5. The molecule has 0 radical (unpaired) electrons. The number of alkyl halides is 3. The largest absolute Gasteiger partial charge is 1.00 e. The van der Waals surface area contributed by atoms with Gasteiger partial charge in [-0.05, 0) is 250 Å². The van der Waals surface area contributed by atoms with Gasteiger partial charge in [0.1, 0.15) is 90.5 Å². The number of piperidine rings is 5. The van der Waals surface area contributed by atoms with Crippen LogP contribution in [-0.2, 0) is 33.4 Å². The van der Waals surface area contributed by atoms with Gasteiger partial charge in [-0.2, -0.15) is 43.4 Å². The molecule has 722 valence electrons. The van der Waals surface area contributed by atoms with Crippen LogP contribution >= 0.6 is 22.6 Å². The Morgan fingerprint density at radius 2 is 0.778 bits per heavy atom. The maximum atomic E-state index is 12.4. The van der Waals surface area contributed by atoms with E-state index in [1.807, 2.05) is 157 Å². The van der Waals surface area contributed by atoms with Crippen LogP contribution in [0.25, 0.3) is 88.9 Å². The number of halogens is 4. The standard InChI is InChI=1S/C22H26N8O3.C17H18N8O.C15H21IN6O2.C11H21NO2.C10H19NO3.C8H8N2O.C2HF3O2.CH2O3.2K.H/c1-22(2,3)33-21(31)29-8-6-13(7-9-29)30-19-16(18(23)25-11-26-19)17(28-30)12-4-5-15-14(10-12)27-20(24)32-15;18-15-13-14(9-1-2-12-11(7-9)23-17(19)26-12)24-25(16(13)22-8-21-15)10-3-5-20-6-4-10;1-15(2,3)24-14(23)21-6-4-9(5-7-21)22-13-10(11(16)20-22)12(17)18-8-19-13;1-9-5-7-12(8-6-9)10(13)14-11(2,3)4;1-10(2,3)14-9(13)11-6-4-8(12)5-7-11;1-5-2-3-7-6(4-5)10-8(9)11-7;3-2(4,5)1(6)7;2-1-4-3;;;/h4-5,10-11,13H,6-9H2,1-3H3,(H2,24,27)(H2,23,25,26);1-2,7-8,10,20H,3-6H2,(H2,19,23)(H2,18,21,22);8-9H,4-7H2,1-3H3,(H2,17,18,19);9H,5-8H2,1-4H3;8,12H,4-7H2,1-3H3;2-4H,1H3,(H2,9,10);(H,6,7);1,3H;;;/q;;;;;;;;2*+1;-1/p-1. The van der Waals surface area contributed by atoms with E-state index in [9.17, 15) is 37.5 Å². The summed E-state index contributed by atoms with van der Waals surface area (Å²) in [5, 5.41) is 44.8. The molecule has 5 aliphatic heterocycles. The number of aliphatic hydroxyl groups excluding tert-OH is 1. The fraction of sp³-hybridized carbons (Fsp3) is 0.512. The first kappa shape index (κ1) is 111. The number of hydrogen-bond acceptors (Lipinski definition) is 35. The summed E-state index contributed by atoms with van der Waals surface area (Å²) in [6, 6.07) is 18.0. The summed E-state index contributed by atoms with van der Waals surface area (Å²) < 4.78 is 75.6. The van der Waals surface area contributed by atoms with Crippen molar-refractivity contribution in [3.63, 3.8) is 0 Å². The van der Waals surface area contributed by atoms with Crippen molar-refractivity contribution < 1.29 is 199 Å². The van der Waals surface area contributed by atoms with Crippen LogP contribution in [0, 0.1) is 16.5 Å². The van der Waals surface area contributed by atoms with Crippen LogP contribution in [0.2, 0.25) is 0 Å². The number of nitrogens with two attached hydrogens (primary N) is 6. The molecule has 0 saturated carbocycles. The van der Waals surface area contributed by atoms with Crippen molar-refractivity contribution in [1.29, 1.82) is 0 Å². The molecule has 0 atom stereocenters. The number of nitrogen functional groups attached to an aromatic ring is 6. The van der Waals surface area contributed by atoms with Gasteiger partial charge in [-0.15, -0.1) is 0 Å². The number of rotatable bonds is 6. The van der Waals surface area contributed by atoms with E-state index in [1.54, 1.807) is 20.8 Å². The van der Waals surface area contributed by atoms with Crippen molar-refractivity contribution in [2.24, 2.45) is 5.92 Å². The zero-order valence-electron chi connectivity index (χ0n) is 79.5. The van der Waals surface area contributed by atoms with Gasteiger partial charge >= 0.3 is 139 Å². The van der Waals surface area contributed by atoms with Gasteiger partial charge in [-0.3, -0.25) is 4.79 Å². The van der Waals surface area contributed by atoms with Crippen LogP contribution in [0.5, 0.6) is 0 Å². The number of carbonyl (C=O) groups is 6. The molecule has 15 N–H and O–H groups in total. The fourth-order valence-corrected chi connectivity index (χ4v) is 15.3. The van der Waals surface area contributed by atoms with Crippen LogP contribution < -0.4 is 148 Å². The van der Waals surface area contributed by atoms with Crippen molar-refractivity contribution in [2.75, 3.05) is 99.8 Å². The zero-order chi connectivity index (χ0) is 97.4. The Morgan fingerprint density at radius 1 is 0.481 bits per heavy atom. The quantitative estimate of drug-likeness (QED) is 0.0211. The number of hydrogen-bond donors (Lipinski definition) is 9. The SMILES string of the molecule is CC(C)(C)OC(=O)N1CCC(O)CC1.CC(C)(C)OC(=O)N1CCC(n2nc(-c3ccc4oc(N)nc4c3)c3c(N)ncnc32)CC1.CC(C)(C)OC(=O)N1CCC(n2nc(I)c3c(N)ncnc32)CC1.CC1CCN(C(=O)OC(C)(C)C)CC1.Cc1ccc2oc(N)nc2c1.Nc1nc2cc(-c3nn(C4CCNCC4)c4ncnc(N)c34)ccc2o1.O=C(O)C(F)(F)F.O=CO[O-].[H-].[K+].[K+]. The van der Waals surface area contributed by atoms with Crippen LogP contribution in [0.15, 0.2) is 86.8 Å². The van der Waals surface area contributed by atoms with Gasteiger partial charge in [-0.25, -0.2) is 67.9 Å². The van der Waals surface area contributed by atoms with Crippen molar-refractivity contribution >= 4 is 161 Å². The molecular formula is C86H116F3IK2N26O17. The minimum Gasteiger partial charge on any atom is -1.00 e. The van der Waals surface area contributed by atoms with Crippen LogP contribution in [0.3, 0.4) is 0 Å². The minimum absolute atomic E-state index is 0. The number of aryl methyl sites for hydroxylation is 1. The Morgan fingerprint density at radius 3 is 1.11 bits per heavy atom. The number of carboxylic acid groups (broad SMARTS) is 1. The van der Waals surface area contributed by atoms with Gasteiger partial charge in [0.2, 0.25) is 0 Å². The number of carboxylic acids is 1. The Bertz CT molecular complexity index is 5950. The average Bonchev–Trinajstić information content (AvgIpc) is 1.60. The van der Waals surface area contributed by atoms with Crippen molar-refractivity contribution in [1.82, 2.24) is 99.1 Å². The van der Waals surface area contributed by atoms with Crippen molar-refractivity contribution in [3.8, 4) is 22.5 Å². The third kappa shape index (κ3) is 31.6. The monoisotopic (exact) mass is 2050 g/mol. The average molecular weight is 2050 g/mol. The molecule has 4 amide bonds. The summed E-state index contributed by atoms with van der Waals surface area (Å²) in [5.41, 5.74) is 43.8. The van der Waals surface area contributed by atoms with E-state index in [2.05, 4.69) is 89.7 Å². The molecule has 43 nitrogen and oxygen atoms in total. The molecular weight excluding hydrogens is 1930 g/mol. The van der Waals surface area contributed by atoms with E-state index in [-0.39, 0.29) is 183 Å². The maximum Gasteiger partial charge on any atom is 1.00 e. The molecule has 5 aliphatic rings. The van der Waals surface area contributed by atoms with Crippen LogP contribution in [-0.4, -0.2) is 241 Å². The first-order chi connectivity index (χ1) is 62.5. The second-order valence-electron chi connectivity index (χ2n) is 35.9. The Labute approximate surface area is 875 Å². The number of nitrogens with one attached hydrogen (secondary N) is 1. The third-order valence-electron chi connectivity index (χ3n) is 20.8. The normalized spacial score (nSPS) is 15.4. The number of anilines is 6. The predicted octanol–water partition coefficient (Wildman–Crippen LogP) is 6.62. The second-order valence-corrected chi connectivity index (χ2v) is 36.9. The summed E-state index contributed by atoms with van der Waals surface area (Å²) in [5.74, 6) is -0.791. The number of likely N-dealkylation sites (tertiary alicyclic amines) is 4. The van der Waals surface area contributed by atoms with Gasteiger partial charge < -0.3 is 113 Å². The van der Waals surface area contributed by atoms with Gasteiger partial charge in [0.25, 0.3) is 24.5 Å². The van der Waals surface area contributed by atoms with E-state index in [1.165, 1.54) is 19.0 Å². The molecule has 3 aromatic carbocycles. The maximum absolute atomic E-state index is 12.4. The van der Waals surface area contributed by atoms with E-state index < -0.39 is 28.9 Å². The van der Waals surface area contributed by atoms with E-state index in [0.29, 0.717) is 108 Å². The number of amides is 4. The molecule has 12 aromatic rings. The summed E-state index contributed by atoms with van der Waals surface area (Å²) in [6.07, 6.45) is 6.60. The molecule has 17 rings (SSSR count). The van der Waals surface area contributed by atoms with Crippen molar-refractivity contribution in [3.05, 3.63) is 82.8 Å². The number of fused-ring (bicyclic) bond motifs is 6. The van der Waals surface area contributed by atoms with Gasteiger partial charge in [0.15, 0.2) is 33.7 Å². The number of aliphatic hydroxyl groups is 1. The van der Waals surface area contributed by atoms with E-state index >= 15 is 0 Å². The predicted molar refractivity (Wildman–Crippen MR) is 494 cm³/mol. The van der Waals surface area contributed by atoms with Crippen LogP contribution in [0.4, 0.5) is 67.8 Å². The van der Waals surface area contributed by atoms with E-state index in [4.69, 9.17) is 96.8 Å². The second kappa shape index (κ2) is 48.5. The summed E-state index contributed by atoms with van der Waals surface area (Å²) in [7, 11) is 0. The summed E-state index contributed by atoms with van der Waals surface area (Å²) in [4.78, 5) is 113. The number of ether oxygens (including phenoxy) is 4. The number of aliphatic carboxylic acids is 1. The molecule has 5 fully saturated rings. The Kier molecular flexibility index (Phi) is 39.7. The first-order valence-corrected chi connectivity index (χ1v) is 44.0. The number of nitrogens with zero attached hydrogens (tertiary/aromatic N) is 19. The smallest absolute Gasteiger partial charge is 1.00 e. The molecule has 49 heteroatoms. The molecule has 0 unspecified atom stereocenters. The first-order valence-electron chi connectivity index (χ1n) is 42.9. The number of aromatic nitrogens is 15. The molecule has 135 heavy (non-hydrogen) atoms. The van der Waals surface area contributed by atoms with Gasteiger partial charge in [0.05, 0.1) is 40.4 Å². The molecule has 9 aromatic heterocycles. The van der Waals surface area contributed by atoms with Crippen molar-refractivity contribution in [2.45, 2.75) is 214 Å². The van der Waals surface area contributed by atoms with E-state index in [0.717, 1.165) is 143 Å². The molecule has 0 aliphatic carbocycles. The topological polar surface area (TPSA) is 602 Å². The Balaban J connectivity index is 0.000000223. The molecule has 5 saturated heterocycles. The minimum atomic E-state index is -5.08. The number of benzene rings is 3. The molecule has 0 spiro atoms. The zero-order valence-corrected chi connectivity index (χ0v) is 86.9. The summed E-state index contributed by atoms with van der Waals surface area (Å²) in [6.45, 7) is 33.7. The summed E-state index contributed by atoms with van der Waals surface area (Å²) >= 11 is 2.15. The molecule has 0 bridgehead atoms.